The van der Waals surface area contributed by atoms with Gasteiger partial charge in [0.15, 0.2) is 5.65 Å². The lowest BCUT2D eigenvalue weighted by atomic mass is 10.0. The molecule has 0 amide bonds. The molecule has 46 heavy (non-hydrogen) atoms. The number of rotatable bonds is 8. The Kier molecular flexibility index (Phi) is 8.50. The Bertz CT molecular complexity index is 1910. The maximum absolute atomic E-state index is 13.2. The van der Waals surface area contributed by atoms with Crippen molar-refractivity contribution in [3.8, 4) is 17.1 Å². The fourth-order valence-corrected chi connectivity index (χ4v) is 7.31. The van der Waals surface area contributed by atoms with Gasteiger partial charge in [0.2, 0.25) is 15.9 Å². The number of imidazole rings is 1. The molecule has 1 N–H and O–H groups in total. The van der Waals surface area contributed by atoms with Gasteiger partial charge in [0, 0.05) is 75.1 Å². The van der Waals surface area contributed by atoms with E-state index in [-0.39, 0.29) is 31.4 Å². The summed E-state index contributed by atoms with van der Waals surface area (Å²) in [6, 6.07) is 8.11. The van der Waals surface area contributed by atoms with Crippen molar-refractivity contribution < 1.29 is 31.4 Å². The highest BCUT2D eigenvalue weighted by Gasteiger charge is 2.33. The number of fused-ring (bicyclic) bond motifs is 2. The van der Waals surface area contributed by atoms with Gasteiger partial charge in [0.25, 0.3) is 0 Å². The number of β-amino-alcohol motifs (C(OH)–C–C–N with tert-alkyl or cyclic N) is 1. The van der Waals surface area contributed by atoms with Crippen molar-refractivity contribution in [2.24, 2.45) is 7.05 Å². The van der Waals surface area contributed by atoms with Crippen LogP contribution in [0.25, 0.3) is 22.4 Å². The lowest BCUT2D eigenvalue weighted by Crippen LogP contribution is -2.42. The molecule has 0 aliphatic carbocycles. The first kappa shape index (κ1) is 32.2. The molecule has 2 aliphatic heterocycles. The van der Waals surface area contributed by atoms with Crippen molar-refractivity contribution in [2.45, 2.75) is 50.7 Å². The third-order valence-corrected chi connectivity index (χ3v) is 10.2. The Morgan fingerprint density at radius 3 is 2.39 bits per heavy atom. The number of benzene rings is 1. The van der Waals surface area contributed by atoms with E-state index in [1.165, 1.54) is 23.5 Å². The van der Waals surface area contributed by atoms with Gasteiger partial charge in [-0.1, -0.05) is 12.1 Å². The van der Waals surface area contributed by atoms with Crippen LogP contribution in [0.1, 0.15) is 35.7 Å². The maximum Gasteiger partial charge on any atom is 0.416 e. The van der Waals surface area contributed by atoms with E-state index in [2.05, 4.69) is 15.0 Å². The Morgan fingerprint density at radius 1 is 1.07 bits per heavy atom. The molecule has 1 aromatic carbocycles. The van der Waals surface area contributed by atoms with Crippen LogP contribution < -0.4 is 10.4 Å². The van der Waals surface area contributed by atoms with E-state index in [0.717, 1.165) is 29.6 Å². The van der Waals surface area contributed by atoms with Gasteiger partial charge < -0.3 is 14.7 Å². The highest BCUT2D eigenvalue weighted by molar-refractivity contribution is 7.88. The van der Waals surface area contributed by atoms with Crippen molar-refractivity contribution in [3.63, 3.8) is 0 Å². The fraction of sp³-hybridized carbons (Fsp3) is 0.500. The second kappa shape index (κ2) is 12.1. The van der Waals surface area contributed by atoms with Crippen LogP contribution in [-0.4, -0.2) is 92.3 Å². The van der Waals surface area contributed by atoms with Crippen LogP contribution in [0.15, 0.2) is 41.2 Å². The monoisotopic (exact) mass is 663 g/mol. The number of nitrogens with zero attached hydrogens (tertiary/aromatic N) is 7. The SMILES string of the molecule is COc1ccc2c(n1)n(C1CCN(CC(O)Cn3nc(-c4ccc(C(F)(F)F)cc4)c4c3CCN(S(C)(=O)=O)C4)CC1)c(=O)n2C. The van der Waals surface area contributed by atoms with E-state index in [0.29, 0.717) is 67.2 Å². The van der Waals surface area contributed by atoms with Crippen molar-refractivity contribution in [1.29, 1.82) is 0 Å². The molecular weight excluding hydrogens is 627 g/mol. The minimum atomic E-state index is -4.49. The number of hydrogen-bond acceptors (Lipinski definition) is 8. The van der Waals surface area contributed by atoms with Gasteiger partial charge in [-0.15, -0.1) is 0 Å². The van der Waals surface area contributed by atoms with Crippen LogP contribution in [0.4, 0.5) is 13.2 Å². The smallest absolute Gasteiger partial charge is 0.416 e. The molecule has 12 nitrogen and oxygen atoms in total. The quantitative estimate of drug-likeness (QED) is 0.305. The number of pyridine rings is 1. The number of methoxy groups -OCH3 is 1. The predicted molar refractivity (Wildman–Crippen MR) is 164 cm³/mol. The molecule has 16 heteroatoms. The van der Waals surface area contributed by atoms with Crippen LogP contribution in [0.2, 0.25) is 0 Å². The molecule has 0 bridgehead atoms. The number of aryl methyl sites for hydroxylation is 1. The lowest BCUT2D eigenvalue weighted by Gasteiger charge is -2.33. The summed E-state index contributed by atoms with van der Waals surface area (Å²) in [5.74, 6) is 0.429. The molecule has 6 rings (SSSR count). The zero-order chi connectivity index (χ0) is 33.0. The van der Waals surface area contributed by atoms with Crippen LogP contribution in [0, 0.1) is 0 Å². The first-order valence-electron chi connectivity index (χ1n) is 15.0. The molecule has 1 unspecified atom stereocenters. The molecule has 0 spiro atoms. The summed E-state index contributed by atoms with van der Waals surface area (Å²) < 4.78 is 75.8. The molecule has 4 aromatic rings. The van der Waals surface area contributed by atoms with E-state index in [4.69, 9.17) is 4.74 Å². The van der Waals surface area contributed by atoms with Crippen molar-refractivity contribution in [2.75, 3.05) is 39.5 Å². The molecule has 1 fully saturated rings. The Balaban J connectivity index is 1.17. The Labute approximate surface area is 263 Å². The number of aliphatic hydroxyl groups excluding tert-OH is 1. The number of alkyl halides is 3. The first-order chi connectivity index (χ1) is 21.7. The number of sulfonamides is 1. The minimum absolute atomic E-state index is 0.0440. The summed E-state index contributed by atoms with van der Waals surface area (Å²) in [5, 5.41) is 15.8. The first-order valence-corrected chi connectivity index (χ1v) is 16.8. The van der Waals surface area contributed by atoms with Crippen molar-refractivity contribution in [1.82, 2.24) is 33.1 Å². The third-order valence-electron chi connectivity index (χ3n) is 8.95. The average molecular weight is 664 g/mol. The van der Waals surface area contributed by atoms with Gasteiger partial charge in [-0.05, 0) is 31.0 Å². The third kappa shape index (κ3) is 6.18. The Hall–Kier alpha value is -3.73. The molecule has 1 saturated heterocycles. The van der Waals surface area contributed by atoms with Gasteiger partial charge in [-0.3, -0.25) is 13.8 Å². The summed E-state index contributed by atoms with van der Waals surface area (Å²) in [5.41, 5.74) is 2.58. The summed E-state index contributed by atoms with van der Waals surface area (Å²) in [6.45, 7) is 2.05. The van der Waals surface area contributed by atoms with Crippen LogP contribution in [0.5, 0.6) is 5.88 Å². The van der Waals surface area contributed by atoms with Gasteiger partial charge in [-0.25, -0.2) is 13.2 Å². The number of hydrogen-bond donors (Lipinski definition) is 1. The summed E-state index contributed by atoms with van der Waals surface area (Å²) in [4.78, 5) is 19.8. The number of likely N-dealkylation sites (tertiary alicyclic amines) is 1. The van der Waals surface area contributed by atoms with Crippen LogP contribution in [0.3, 0.4) is 0 Å². The molecule has 5 heterocycles. The van der Waals surface area contributed by atoms with Gasteiger partial charge >= 0.3 is 11.9 Å². The zero-order valence-electron chi connectivity index (χ0n) is 25.7. The number of aromatic nitrogens is 5. The number of ether oxygens (including phenoxy) is 1. The highest BCUT2D eigenvalue weighted by atomic mass is 32.2. The molecule has 2 aliphatic rings. The van der Waals surface area contributed by atoms with Crippen LogP contribution in [-0.2, 0) is 42.8 Å². The zero-order valence-corrected chi connectivity index (χ0v) is 26.6. The normalized spacial score (nSPS) is 17.8. The van der Waals surface area contributed by atoms with Crippen LogP contribution >= 0.6 is 0 Å². The topological polar surface area (TPSA) is 128 Å². The maximum atomic E-state index is 13.2. The second-order valence-electron chi connectivity index (χ2n) is 12.0. The molecule has 0 radical (unpaired) electrons. The molecule has 0 saturated carbocycles. The average Bonchev–Trinajstić information content (AvgIpc) is 3.49. The van der Waals surface area contributed by atoms with Crippen molar-refractivity contribution in [3.05, 3.63) is 63.7 Å². The molecular formula is C30H36F3N7O5S. The van der Waals surface area contributed by atoms with E-state index >= 15 is 0 Å². The highest BCUT2D eigenvalue weighted by Crippen LogP contribution is 2.34. The van der Waals surface area contributed by atoms with E-state index in [9.17, 15) is 31.5 Å². The Morgan fingerprint density at radius 2 is 1.76 bits per heavy atom. The fourth-order valence-electron chi connectivity index (χ4n) is 6.53. The summed E-state index contributed by atoms with van der Waals surface area (Å²) >= 11 is 0. The summed E-state index contributed by atoms with van der Waals surface area (Å²) in [7, 11) is -0.261. The minimum Gasteiger partial charge on any atom is -0.481 e. The number of piperidine rings is 1. The molecule has 248 valence electrons. The van der Waals surface area contributed by atoms with Gasteiger partial charge in [0.1, 0.15) is 0 Å². The van der Waals surface area contributed by atoms with Crippen molar-refractivity contribution >= 4 is 21.2 Å². The van der Waals surface area contributed by atoms with Gasteiger partial charge in [-0.2, -0.15) is 27.6 Å². The van der Waals surface area contributed by atoms with Gasteiger partial charge in [0.05, 0.1) is 42.8 Å². The largest absolute Gasteiger partial charge is 0.481 e. The second-order valence-corrected chi connectivity index (χ2v) is 14.0. The molecule has 3 aromatic heterocycles. The van der Waals surface area contributed by atoms with E-state index < -0.39 is 27.9 Å². The molecule has 1 atom stereocenters. The predicted octanol–water partition coefficient (Wildman–Crippen LogP) is 2.64. The van der Waals surface area contributed by atoms with E-state index in [1.54, 1.807) is 26.9 Å². The standard InChI is InChI=1S/C30H36F3N7O5S/c1-36-25-8-9-26(45-2)34-28(25)40(29(36)42)21-10-13-37(14-11-21)16-22(41)17-39-24-12-15-38(46(3,43)44)18-23(24)27(35-39)19-4-6-20(7-5-19)30(31,32)33/h4-9,21-22,41H,10-18H2,1-3H3. The number of halogens is 3. The summed E-state index contributed by atoms with van der Waals surface area (Å²) in [6.07, 6.45) is -2.47. The lowest BCUT2D eigenvalue weighted by molar-refractivity contribution is -0.137. The number of aliphatic hydroxyl groups is 1. The van der Waals surface area contributed by atoms with E-state index in [1.807, 2.05) is 6.07 Å².